The van der Waals surface area contributed by atoms with Crippen LogP contribution >= 0.6 is 11.6 Å². The van der Waals surface area contributed by atoms with Gasteiger partial charge in [0.2, 0.25) is 0 Å². The SMILES string of the molecule is O=C(O)C1CCNC(Cl)C1. The molecule has 3 nitrogen and oxygen atoms in total. The van der Waals surface area contributed by atoms with Crippen LogP contribution in [-0.2, 0) is 4.79 Å². The molecule has 10 heavy (non-hydrogen) atoms. The summed E-state index contributed by atoms with van der Waals surface area (Å²) < 4.78 is 0. The van der Waals surface area contributed by atoms with E-state index in [-0.39, 0.29) is 11.4 Å². The molecule has 0 aromatic rings. The van der Waals surface area contributed by atoms with Crippen LogP contribution in [0, 0.1) is 5.92 Å². The largest absolute Gasteiger partial charge is 0.481 e. The smallest absolute Gasteiger partial charge is 0.306 e. The van der Waals surface area contributed by atoms with Crippen LogP contribution in [0.25, 0.3) is 0 Å². The number of carboxylic acids is 1. The maximum Gasteiger partial charge on any atom is 0.306 e. The quantitative estimate of drug-likeness (QED) is 0.441. The summed E-state index contributed by atoms with van der Waals surface area (Å²) >= 11 is 5.68. The molecule has 0 bridgehead atoms. The molecule has 0 aromatic carbocycles. The molecule has 1 rings (SSSR count). The van der Waals surface area contributed by atoms with Crippen LogP contribution in [0.2, 0.25) is 0 Å². The van der Waals surface area contributed by atoms with Crippen molar-refractivity contribution in [2.24, 2.45) is 5.92 Å². The molecule has 0 spiro atoms. The molecule has 1 aliphatic heterocycles. The molecule has 1 saturated heterocycles. The number of carboxylic acid groups (broad SMARTS) is 1. The molecular weight excluding hydrogens is 154 g/mol. The normalized spacial score (nSPS) is 33.7. The molecule has 4 heteroatoms. The van der Waals surface area contributed by atoms with E-state index in [0.29, 0.717) is 19.4 Å². The number of hydrogen-bond donors (Lipinski definition) is 2. The fourth-order valence-electron chi connectivity index (χ4n) is 1.09. The van der Waals surface area contributed by atoms with Crippen LogP contribution < -0.4 is 5.32 Å². The predicted octanol–water partition coefficient (Wildman–Crippen LogP) is 0.635. The maximum atomic E-state index is 10.4. The van der Waals surface area contributed by atoms with Gasteiger partial charge in [-0.15, -0.1) is 11.6 Å². The van der Waals surface area contributed by atoms with Gasteiger partial charge >= 0.3 is 5.97 Å². The van der Waals surface area contributed by atoms with E-state index < -0.39 is 5.97 Å². The lowest BCUT2D eigenvalue weighted by molar-refractivity contribution is -0.142. The van der Waals surface area contributed by atoms with E-state index in [0.717, 1.165) is 0 Å². The van der Waals surface area contributed by atoms with E-state index in [1.807, 2.05) is 0 Å². The Morgan fingerprint density at radius 2 is 2.40 bits per heavy atom. The average Bonchev–Trinajstić information content (AvgIpc) is 1.88. The van der Waals surface area contributed by atoms with Crippen molar-refractivity contribution in [3.05, 3.63) is 0 Å². The first-order chi connectivity index (χ1) is 4.70. The van der Waals surface area contributed by atoms with E-state index in [1.54, 1.807) is 0 Å². The van der Waals surface area contributed by atoms with Crippen LogP contribution in [-0.4, -0.2) is 23.1 Å². The summed E-state index contributed by atoms with van der Waals surface area (Å²) in [5.74, 6) is -0.976. The molecule has 1 aliphatic rings. The monoisotopic (exact) mass is 163 g/mol. The minimum Gasteiger partial charge on any atom is -0.481 e. The second-order valence-corrected chi connectivity index (χ2v) is 3.01. The summed E-state index contributed by atoms with van der Waals surface area (Å²) in [4.78, 5) is 10.4. The van der Waals surface area contributed by atoms with Crippen molar-refractivity contribution >= 4 is 17.6 Å². The molecule has 1 fully saturated rings. The zero-order chi connectivity index (χ0) is 7.56. The lowest BCUT2D eigenvalue weighted by Crippen LogP contribution is -2.36. The first kappa shape index (κ1) is 7.82. The molecule has 0 saturated carbocycles. The lowest BCUT2D eigenvalue weighted by atomic mass is 9.98. The minimum atomic E-state index is -0.729. The highest BCUT2D eigenvalue weighted by Gasteiger charge is 2.24. The van der Waals surface area contributed by atoms with Crippen molar-refractivity contribution in [3.63, 3.8) is 0 Å². The minimum absolute atomic E-state index is 0.158. The van der Waals surface area contributed by atoms with Crippen molar-refractivity contribution in [2.45, 2.75) is 18.3 Å². The highest BCUT2D eigenvalue weighted by molar-refractivity contribution is 6.20. The summed E-state index contributed by atoms with van der Waals surface area (Å²) in [6.45, 7) is 0.713. The van der Waals surface area contributed by atoms with Crippen molar-refractivity contribution in [1.29, 1.82) is 0 Å². The highest BCUT2D eigenvalue weighted by Crippen LogP contribution is 2.17. The number of hydrogen-bond acceptors (Lipinski definition) is 2. The van der Waals surface area contributed by atoms with Crippen LogP contribution in [0.1, 0.15) is 12.8 Å². The Morgan fingerprint density at radius 3 is 2.80 bits per heavy atom. The van der Waals surface area contributed by atoms with Gasteiger partial charge in [0.05, 0.1) is 11.4 Å². The van der Waals surface area contributed by atoms with E-state index in [1.165, 1.54) is 0 Å². The standard InChI is InChI=1S/C6H10ClNO2/c7-5-3-4(6(9)10)1-2-8-5/h4-5,8H,1-3H2,(H,9,10). The Balaban J connectivity index is 2.39. The highest BCUT2D eigenvalue weighted by atomic mass is 35.5. The van der Waals surface area contributed by atoms with Crippen molar-refractivity contribution in [2.75, 3.05) is 6.54 Å². The summed E-state index contributed by atoms with van der Waals surface area (Å²) in [7, 11) is 0. The van der Waals surface area contributed by atoms with Gasteiger partial charge in [0, 0.05) is 0 Å². The third-order valence-corrected chi connectivity index (χ3v) is 2.03. The number of halogens is 1. The topological polar surface area (TPSA) is 49.3 Å². The summed E-state index contributed by atoms with van der Waals surface area (Å²) in [5.41, 5.74) is -0.158. The van der Waals surface area contributed by atoms with Gasteiger partial charge in [-0.25, -0.2) is 0 Å². The van der Waals surface area contributed by atoms with Crippen molar-refractivity contribution in [1.82, 2.24) is 5.32 Å². The molecule has 2 N–H and O–H groups in total. The van der Waals surface area contributed by atoms with Gasteiger partial charge in [0.25, 0.3) is 0 Å². The van der Waals surface area contributed by atoms with Crippen LogP contribution in [0.4, 0.5) is 0 Å². The Kier molecular flexibility index (Phi) is 2.51. The van der Waals surface area contributed by atoms with E-state index in [9.17, 15) is 4.79 Å². The summed E-state index contributed by atoms with van der Waals surface area (Å²) in [6, 6.07) is 0. The van der Waals surface area contributed by atoms with Gasteiger partial charge in [-0.05, 0) is 19.4 Å². The molecule has 1 heterocycles. The number of alkyl halides is 1. The second-order valence-electron chi connectivity index (χ2n) is 2.48. The molecular formula is C6H10ClNO2. The third-order valence-electron chi connectivity index (χ3n) is 1.70. The number of aliphatic carboxylic acids is 1. The zero-order valence-corrected chi connectivity index (χ0v) is 6.27. The van der Waals surface area contributed by atoms with Crippen LogP contribution in [0.15, 0.2) is 0 Å². The second kappa shape index (κ2) is 3.21. The Morgan fingerprint density at radius 1 is 1.70 bits per heavy atom. The fraction of sp³-hybridized carbons (Fsp3) is 0.833. The molecule has 0 aromatic heterocycles. The molecule has 2 unspecified atom stereocenters. The van der Waals surface area contributed by atoms with Crippen LogP contribution in [0.5, 0.6) is 0 Å². The van der Waals surface area contributed by atoms with E-state index in [2.05, 4.69) is 5.32 Å². The van der Waals surface area contributed by atoms with Gasteiger partial charge in [0.15, 0.2) is 0 Å². The zero-order valence-electron chi connectivity index (χ0n) is 5.51. The van der Waals surface area contributed by atoms with E-state index in [4.69, 9.17) is 16.7 Å². The number of piperidine rings is 1. The number of carbonyl (C=O) groups is 1. The first-order valence-corrected chi connectivity index (χ1v) is 3.74. The average molecular weight is 164 g/mol. The summed E-state index contributed by atoms with van der Waals surface area (Å²) in [5, 5.41) is 11.5. The Hall–Kier alpha value is -0.280. The predicted molar refractivity (Wildman–Crippen MR) is 38.0 cm³/mol. The third kappa shape index (κ3) is 1.85. The Bertz CT molecular complexity index is 140. The maximum absolute atomic E-state index is 10.4. The molecule has 0 radical (unpaired) electrons. The van der Waals surface area contributed by atoms with Gasteiger partial charge in [-0.1, -0.05) is 0 Å². The fourth-order valence-corrected chi connectivity index (χ4v) is 1.41. The van der Waals surface area contributed by atoms with Crippen molar-refractivity contribution in [3.8, 4) is 0 Å². The number of rotatable bonds is 1. The molecule has 2 atom stereocenters. The van der Waals surface area contributed by atoms with Gasteiger partial charge in [0.1, 0.15) is 0 Å². The van der Waals surface area contributed by atoms with Gasteiger partial charge in [-0.2, -0.15) is 0 Å². The molecule has 0 aliphatic carbocycles. The number of nitrogens with one attached hydrogen (secondary N) is 1. The lowest BCUT2D eigenvalue weighted by Gasteiger charge is -2.23. The van der Waals surface area contributed by atoms with Gasteiger partial charge < -0.3 is 10.4 Å². The first-order valence-electron chi connectivity index (χ1n) is 3.30. The van der Waals surface area contributed by atoms with Gasteiger partial charge in [-0.3, -0.25) is 4.79 Å². The van der Waals surface area contributed by atoms with Crippen molar-refractivity contribution < 1.29 is 9.90 Å². The van der Waals surface area contributed by atoms with E-state index >= 15 is 0 Å². The summed E-state index contributed by atoms with van der Waals surface area (Å²) in [6.07, 6.45) is 1.23. The van der Waals surface area contributed by atoms with Crippen LogP contribution in [0.3, 0.4) is 0 Å². The molecule has 0 amide bonds. The molecule has 58 valence electrons. The Labute approximate surface area is 64.4 Å².